The second kappa shape index (κ2) is 9.68. The number of hydrogen-bond donors (Lipinski definition) is 0. The monoisotopic (exact) mass is 430 g/mol. The summed E-state index contributed by atoms with van der Waals surface area (Å²) in [6.45, 7) is 9.32. The molecular weight excluding hydrogens is 400 g/mol. The van der Waals surface area contributed by atoms with Crippen LogP contribution < -0.4 is 4.90 Å². The lowest BCUT2D eigenvalue weighted by Crippen LogP contribution is -2.35. The Kier molecular flexibility index (Phi) is 6.76. The highest BCUT2D eigenvalue weighted by atomic mass is 32.2. The first-order chi connectivity index (χ1) is 14.6. The first-order valence-electron chi connectivity index (χ1n) is 10.7. The first kappa shape index (κ1) is 21.0. The Morgan fingerprint density at radius 3 is 2.80 bits per heavy atom. The number of piperidine rings is 1. The van der Waals surface area contributed by atoms with Crippen LogP contribution in [0.15, 0.2) is 32.5 Å². The minimum Gasteiger partial charge on any atom is -0.467 e. The van der Waals surface area contributed by atoms with Crippen molar-refractivity contribution in [1.29, 1.82) is 0 Å². The van der Waals surface area contributed by atoms with Crippen molar-refractivity contribution in [2.75, 3.05) is 18.0 Å². The van der Waals surface area contributed by atoms with E-state index in [1.807, 2.05) is 12.1 Å². The molecule has 3 aromatic heterocycles. The Balaban J connectivity index is 1.47. The molecule has 30 heavy (non-hydrogen) atoms. The maximum atomic E-state index is 5.59. The zero-order chi connectivity index (χ0) is 20.9. The van der Waals surface area contributed by atoms with E-state index >= 15 is 0 Å². The normalized spacial score (nSPS) is 15.4. The van der Waals surface area contributed by atoms with Gasteiger partial charge in [0.25, 0.3) is 0 Å². The van der Waals surface area contributed by atoms with E-state index in [-0.39, 0.29) is 0 Å². The minimum absolute atomic E-state index is 0.571. The summed E-state index contributed by atoms with van der Waals surface area (Å²) in [4.78, 5) is 6.85. The minimum atomic E-state index is 0.571. The van der Waals surface area contributed by atoms with E-state index in [1.54, 1.807) is 18.0 Å². The molecule has 3 aromatic rings. The summed E-state index contributed by atoms with van der Waals surface area (Å²) < 4.78 is 13.2. The molecule has 0 atom stereocenters. The van der Waals surface area contributed by atoms with E-state index in [9.17, 15) is 0 Å². The molecule has 0 amide bonds. The molecule has 0 bridgehead atoms. The van der Waals surface area contributed by atoms with Crippen molar-refractivity contribution in [1.82, 2.24) is 24.9 Å². The number of aromatic nitrogens is 5. The molecule has 1 saturated heterocycles. The topological polar surface area (TPSA) is 86.0 Å². The van der Waals surface area contributed by atoms with Gasteiger partial charge in [0.05, 0.1) is 18.6 Å². The molecule has 1 fully saturated rings. The summed E-state index contributed by atoms with van der Waals surface area (Å²) >= 11 is 1.57. The van der Waals surface area contributed by atoms with Gasteiger partial charge in [0.1, 0.15) is 5.76 Å². The van der Waals surface area contributed by atoms with Crippen LogP contribution >= 0.6 is 11.8 Å². The SMILES string of the molecule is CC(C)CCc1noc(CSc2nnc(N3CCC(C)CC3)n2Cc2ccco2)n1. The lowest BCUT2D eigenvalue weighted by Gasteiger charge is -2.31. The van der Waals surface area contributed by atoms with Crippen molar-refractivity contribution in [3.05, 3.63) is 35.9 Å². The van der Waals surface area contributed by atoms with Crippen molar-refractivity contribution in [2.24, 2.45) is 11.8 Å². The number of hydrogen-bond acceptors (Lipinski definition) is 8. The van der Waals surface area contributed by atoms with E-state index < -0.39 is 0 Å². The Morgan fingerprint density at radius 2 is 2.07 bits per heavy atom. The molecule has 162 valence electrons. The van der Waals surface area contributed by atoms with Gasteiger partial charge in [-0.1, -0.05) is 37.7 Å². The van der Waals surface area contributed by atoms with E-state index in [0.29, 0.717) is 24.1 Å². The van der Waals surface area contributed by atoms with E-state index in [4.69, 9.17) is 8.94 Å². The van der Waals surface area contributed by atoms with Crippen LogP contribution in [0.1, 0.15) is 57.5 Å². The predicted molar refractivity (Wildman–Crippen MR) is 115 cm³/mol. The van der Waals surface area contributed by atoms with Gasteiger partial charge in [-0.15, -0.1) is 10.2 Å². The van der Waals surface area contributed by atoms with Crippen molar-refractivity contribution in [3.63, 3.8) is 0 Å². The summed E-state index contributed by atoms with van der Waals surface area (Å²) in [6, 6.07) is 3.89. The maximum Gasteiger partial charge on any atom is 0.237 e. The number of thioether (sulfide) groups is 1. The van der Waals surface area contributed by atoms with Crippen molar-refractivity contribution < 1.29 is 8.94 Å². The van der Waals surface area contributed by atoms with Gasteiger partial charge in [0, 0.05) is 19.5 Å². The van der Waals surface area contributed by atoms with Crippen LogP contribution in [-0.4, -0.2) is 38.0 Å². The average molecular weight is 431 g/mol. The van der Waals surface area contributed by atoms with Crippen LogP contribution in [0.25, 0.3) is 0 Å². The third-order valence-corrected chi connectivity index (χ3v) is 6.39. The summed E-state index contributed by atoms with van der Waals surface area (Å²) in [7, 11) is 0. The Hall–Kier alpha value is -2.29. The molecule has 0 radical (unpaired) electrons. The molecule has 0 unspecified atom stereocenters. The fourth-order valence-corrected chi connectivity index (χ4v) is 4.29. The van der Waals surface area contributed by atoms with Gasteiger partial charge in [0.2, 0.25) is 11.8 Å². The molecule has 4 rings (SSSR count). The van der Waals surface area contributed by atoms with Gasteiger partial charge in [-0.2, -0.15) is 4.98 Å². The van der Waals surface area contributed by atoms with Crippen molar-refractivity contribution >= 4 is 17.7 Å². The molecule has 1 aliphatic rings. The van der Waals surface area contributed by atoms with E-state index in [2.05, 4.69) is 50.6 Å². The molecule has 8 nitrogen and oxygen atoms in total. The summed E-state index contributed by atoms with van der Waals surface area (Å²) in [5.74, 6) is 5.15. The molecule has 0 aliphatic carbocycles. The van der Waals surface area contributed by atoms with Gasteiger partial charge < -0.3 is 13.8 Å². The smallest absolute Gasteiger partial charge is 0.237 e. The Morgan fingerprint density at radius 1 is 1.23 bits per heavy atom. The van der Waals surface area contributed by atoms with Crippen LogP contribution in [0.4, 0.5) is 5.95 Å². The highest BCUT2D eigenvalue weighted by molar-refractivity contribution is 7.98. The number of aryl methyl sites for hydroxylation is 1. The quantitative estimate of drug-likeness (QED) is 0.461. The lowest BCUT2D eigenvalue weighted by atomic mass is 10.00. The standard InChI is InChI=1S/C21H30N6O2S/c1-15(2)6-7-18-22-19(29-25-18)14-30-21-24-23-20(26-10-8-16(3)9-11-26)27(21)13-17-5-4-12-28-17/h4-5,12,15-16H,6-11,13-14H2,1-3H3. The van der Waals surface area contributed by atoms with Crippen molar-refractivity contribution in [3.8, 4) is 0 Å². The summed E-state index contributed by atoms with van der Waals surface area (Å²) in [6.07, 6.45) is 5.96. The first-order valence-corrected chi connectivity index (χ1v) is 11.7. The third kappa shape index (κ3) is 5.24. The second-order valence-electron chi connectivity index (χ2n) is 8.44. The van der Waals surface area contributed by atoms with Crippen LogP contribution in [0.3, 0.4) is 0 Å². The van der Waals surface area contributed by atoms with Crippen LogP contribution in [0.2, 0.25) is 0 Å². The largest absolute Gasteiger partial charge is 0.467 e. The molecule has 9 heteroatoms. The molecule has 0 spiro atoms. The Bertz CT molecular complexity index is 912. The summed E-state index contributed by atoms with van der Waals surface area (Å²) in [5, 5.41) is 13.9. The maximum absolute atomic E-state index is 5.59. The van der Waals surface area contributed by atoms with Crippen LogP contribution in [0, 0.1) is 11.8 Å². The molecule has 4 heterocycles. The van der Waals surface area contributed by atoms with E-state index in [1.165, 1.54) is 12.8 Å². The van der Waals surface area contributed by atoms with Gasteiger partial charge in [-0.05, 0) is 43.2 Å². The number of nitrogens with zero attached hydrogens (tertiary/aromatic N) is 6. The van der Waals surface area contributed by atoms with Crippen LogP contribution in [0.5, 0.6) is 0 Å². The zero-order valence-electron chi connectivity index (χ0n) is 18.0. The highest BCUT2D eigenvalue weighted by Gasteiger charge is 2.23. The molecule has 0 saturated carbocycles. The third-order valence-electron chi connectivity index (χ3n) is 5.44. The highest BCUT2D eigenvalue weighted by Crippen LogP contribution is 2.28. The lowest BCUT2D eigenvalue weighted by molar-refractivity contribution is 0.383. The van der Waals surface area contributed by atoms with Gasteiger partial charge in [-0.25, -0.2) is 0 Å². The van der Waals surface area contributed by atoms with Gasteiger partial charge in [0.15, 0.2) is 11.0 Å². The summed E-state index contributed by atoms with van der Waals surface area (Å²) in [5.41, 5.74) is 0. The fraction of sp³-hybridized carbons (Fsp3) is 0.619. The van der Waals surface area contributed by atoms with Gasteiger partial charge >= 0.3 is 0 Å². The number of anilines is 1. The fourth-order valence-electron chi connectivity index (χ4n) is 3.52. The van der Waals surface area contributed by atoms with Crippen molar-refractivity contribution in [2.45, 2.75) is 63.9 Å². The van der Waals surface area contributed by atoms with Crippen LogP contribution in [-0.2, 0) is 18.7 Å². The van der Waals surface area contributed by atoms with Gasteiger partial charge in [-0.3, -0.25) is 4.57 Å². The molecule has 1 aliphatic heterocycles. The molecular formula is C21H30N6O2S. The number of furan rings is 1. The predicted octanol–water partition coefficient (Wildman–Crippen LogP) is 4.42. The number of rotatable bonds is 9. The Labute approximate surface area is 181 Å². The second-order valence-corrected chi connectivity index (χ2v) is 9.39. The van der Waals surface area contributed by atoms with E-state index in [0.717, 1.165) is 54.5 Å². The average Bonchev–Trinajstić information content (AvgIpc) is 3.48. The zero-order valence-corrected chi connectivity index (χ0v) is 18.8. The molecule has 0 N–H and O–H groups in total. The molecule has 0 aromatic carbocycles.